The molecule has 0 spiro atoms. The summed E-state index contributed by atoms with van der Waals surface area (Å²) in [5.74, 6) is -0.957. The molecule has 1 amide bonds. The number of ether oxygens (including phenoxy) is 1. The molecule has 1 rings (SSSR count). The molecule has 1 aromatic carbocycles. The van der Waals surface area contributed by atoms with Crippen LogP contribution in [0.15, 0.2) is 29.2 Å². The number of rotatable bonds is 8. The molecule has 1 aromatic rings. The summed E-state index contributed by atoms with van der Waals surface area (Å²) in [5.41, 5.74) is 0.0234. The van der Waals surface area contributed by atoms with Crippen LogP contribution in [0.1, 0.15) is 31.1 Å². The fraction of sp³-hybridized carbons (Fsp3) is 0.500. The molecule has 1 atom stereocenters. The fourth-order valence-electron chi connectivity index (χ4n) is 1.71. The second-order valence-corrected chi connectivity index (χ2v) is 7.74. The van der Waals surface area contributed by atoms with Gasteiger partial charge in [0.1, 0.15) is 0 Å². The molecule has 0 aliphatic carbocycles. The van der Waals surface area contributed by atoms with Crippen molar-refractivity contribution in [3.63, 3.8) is 0 Å². The van der Waals surface area contributed by atoms with Crippen LogP contribution in [0.4, 0.5) is 0 Å². The van der Waals surface area contributed by atoms with E-state index in [4.69, 9.17) is 4.74 Å². The molecular formula is C16H24N2O6S. The molecule has 0 radical (unpaired) electrons. The number of amides is 1. The van der Waals surface area contributed by atoms with E-state index in [1.165, 1.54) is 38.4 Å². The van der Waals surface area contributed by atoms with Gasteiger partial charge in [-0.2, -0.15) is 0 Å². The molecular weight excluding hydrogens is 348 g/mol. The minimum Gasteiger partial charge on any atom is -0.452 e. The fourth-order valence-corrected chi connectivity index (χ4v) is 2.73. The molecule has 0 saturated carbocycles. The summed E-state index contributed by atoms with van der Waals surface area (Å²) >= 11 is 0. The first-order chi connectivity index (χ1) is 11.6. The molecule has 1 N–H and O–H groups in total. The van der Waals surface area contributed by atoms with Crippen molar-refractivity contribution < 1.29 is 27.6 Å². The van der Waals surface area contributed by atoms with Crippen LogP contribution in [-0.2, 0) is 24.4 Å². The van der Waals surface area contributed by atoms with Crippen LogP contribution in [0.3, 0.4) is 0 Å². The van der Waals surface area contributed by atoms with Gasteiger partial charge >= 0.3 is 5.97 Å². The van der Waals surface area contributed by atoms with E-state index in [1.54, 1.807) is 0 Å². The minimum absolute atomic E-state index is 0.0234. The third-order valence-electron chi connectivity index (χ3n) is 3.69. The average molecular weight is 372 g/mol. The largest absolute Gasteiger partial charge is 0.452 e. The average Bonchev–Trinajstić information content (AvgIpc) is 2.58. The molecule has 0 fully saturated rings. The van der Waals surface area contributed by atoms with E-state index in [1.807, 2.05) is 20.8 Å². The number of carbonyl (C=O) groups excluding carboxylic acids is 2. The Labute approximate surface area is 148 Å². The van der Waals surface area contributed by atoms with Crippen molar-refractivity contribution in [1.29, 1.82) is 0 Å². The van der Waals surface area contributed by atoms with Crippen LogP contribution in [0.25, 0.3) is 0 Å². The second-order valence-electron chi connectivity index (χ2n) is 5.80. The predicted octanol–water partition coefficient (Wildman–Crippen LogP) is 1.19. The number of hydroxylamine groups is 1. The van der Waals surface area contributed by atoms with Gasteiger partial charge in [0.15, 0.2) is 6.61 Å². The zero-order valence-corrected chi connectivity index (χ0v) is 15.8. The number of sulfonamides is 1. The number of carbonyl (C=O) groups is 2. The van der Waals surface area contributed by atoms with E-state index in [2.05, 4.69) is 10.2 Å². The van der Waals surface area contributed by atoms with Crippen molar-refractivity contribution >= 4 is 21.9 Å². The molecule has 0 heterocycles. The molecule has 0 aliphatic heterocycles. The van der Waals surface area contributed by atoms with Crippen LogP contribution < -0.4 is 5.32 Å². The van der Waals surface area contributed by atoms with Crippen molar-refractivity contribution in [3.8, 4) is 0 Å². The van der Waals surface area contributed by atoms with Gasteiger partial charge in [0, 0.05) is 13.1 Å². The number of benzene rings is 1. The van der Waals surface area contributed by atoms with Gasteiger partial charge in [-0.25, -0.2) is 13.2 Å². The van der Waals surface area contributed by atoms with Crippen LogP contribution in [0.2, 0.25) is 0 Å². The maximum atomic E-state index is 12.2. The Bertz CT molecular complexity index is 717. The summed E-state index contributed by atoms with van der Waals surface area (Å²) in [6.45, 7) is 5.33. The van der Waals surface area contributed by atoms with E-state index in [0.717, 1.165) is 0 Å². The molecule has 0 aliphatic rings. The van der Waals surface area contributed by atoms with Crippen molar-refractivity contribution in [1.82, 2.24) is 9.79 Å². The first-order valence-electron chi connectivity index (χ1n) is 7.69. The van der Waals surface area contributed by atoms with Crippen molar-refractivity contribution in [2.24, 2.45) is 5.92 Å². The number of nitrogens with zero attached hydrogens (tertiary/aromatic N) is 1. The van der Waals surface area contributed by atoms with E-state index in [0.29, 0.717) is 4.47 Å². The summed E-state index contributed by atoms with van der Waals surface area (Å²) in [5, 5.41) is 2.71. The Hall–Kier alpha value is -1.97. The second kappa shape index (κ2) is 8.93. The van der Waals surface area contributed by atoms with E-state index in [9.17, 15) is 18.0 Å². The molecule has 0 bridgehead atoms. The SMILES string of the molecule is CON(C)S(=O)(=O)c1cccc(C(=O)OCC(=O)N[C@H](C)C(C)C)c1. The standard InChI is InChI=1S/C16H24N2O6S/c1-11(2)12(3)17-15(19)10-24-16(20)13-7-6-8-14(9-13)25(21,22)18(4)23-5/h6-9,11-12H,10H2,1-5H3,(H,17,19)/t12-/m1/s1. The topological polar surface area (TPSA) is 102 Å². The third-order valence-corrected chi connectivity index (χ3v) is 5.36. The zero-order valence-electron chi connectivity index (χ0n) is 15.0. The summed E-state index contributed by atoms with van der Waals surface area (Å²) in [4.78, 5) is 28.3. The molecule has 25 heavy (non-hydrogen) atoms. The first kappa shape index (κ1) is 21.1. The van der Waals surface area contributed by atoms with Gasteiger partial charge in [0.25, 0.3) is 15.9 Å². The highest BCUT2D eigenvalue weighted by atomic mass is 32.2. The number of hydrogen-bond acceptors (Lipinski definition) is 6. The van der Waals surface area contributed by atoms with Gasteiger partial charge < -0.3 is 10.1 Å². The zero-order chi connectivity index (χ0) is 19.2. The smallest absolute Gasteiger partial charge is 0.338 e. The van der Waals surface area contributed by atoms with Crippen molar-refractivity contribution in [2.75, 3.05) is 20.8 Å². The monoisotopic (exact) mass is 372 g/mol. The van der Waals surface area contributed by atoms with Crippen molar-refractivity contribution in [2.45, 2.75) is 31.7 Å². The summed E-state index contributed by atoms with van der Waals surface area (Å²) in [6, 6.07) is 5.27. The third kappa shape index (κ3) is 5.80. The Morgan fingerprint density at radius 1 is 1.24 bits per heavy atom. The lowest BCUT2D eigenvalue weighted by molar-refractivity contribution is -0.125. The lowest BCUT2D eigenvalue weighted by Gasteiger charge is -2.17. The van der Waals surface area contributed by atoms with Crippen LogP contribution in [-0.4, -0.2) is 51.6 Å². The molecule has 0 aromatic heterocycles. The minimum atomic E-state index is -3.88. The van der Waals surface area contributed by atoms with Gasteiger partial charge in [-0.3, -0.25) is 9.63 Å². The van der Waals surface area contributed by atoms with Crippen LogP contribution >= 0.6 is 0 Å². The Morgan fingerprint density at radius 3 is 2.44 bits per heavy atom. The number of nitrogens with one attached hydrogen (secondary N) is 1. The lowest BCUT2D eigenvalue weighted by atomic mass is 10.1. The highest BCUT2D eigenvalue weighted by molar-refractivity contribution is 7.89. The normalized spacial score (nSPS) is 12.9. The van der Waals surface area contributed by atoms with Crippen LogP contribution in [0.5, 0.6) is 0 Å². The summed E-state index contributed by atoms with van der Waals surface area (Å²) in [7, 11) is -1.43. The quantitative estimate of drug-likeness (QED) is 0.543. The predicted molar refractivity (Wildman–Crippen MR) is 91.1 cm³/mol. The summed E-state index contributed by atoms with van der Waals surface area (Å²) < 4.78 is 30.0. The van der Waals surface area contributed by atoms with Gasteiger partial charge in [0.2, 0.25) is 0 Å². The molecule has 0 unspecified atom stereocenters. The van der Waals surface area contributed by atoms with E-state index in [-0.39, 0.29) is 22.4 Å². The van der Waals surface area contributed by atoms with E-state index < -0.39 is 28.5 Å². The van der Waals surface area contributed by atoms with E-state index >= 15 is 0 Å². The molecule has 8 nitrogen and oxygen atoms in total. The highest BCUT2D eigenvalue weighted by Gasteiger charge is 2.22. The van der Waals surface area contributed by atoms with Gasteiger partial charge in [-0.1, -0.05) is 24.4 Å². The Morgan fingerprint density at radius 2 is 1.88 bits per heavy atom. The van der Waals surface area contributed by atoms with Gasteiger partial charge in [0.05, 0.1) is 17.6 Å². The highest BCUT2D eigenvalue weighted by Crippen LogP contribution is 2.16. The van der Waals surface area contributed by atoms with Gasteiger partial charge in [-0.15, -0.1) is 0 Å². The maximum Gasteiger partial charge on any atom is 0.338 e. The maximum absolute atomic E-state index is 12.2. The number of hydrogen-bond donors (Lipinski definition) is 1. The first-order valence-corrected chi connectivity index (χ1v) is 9.13. The van der Waals surface area contributed by atoms with Crippen LogP contribution in [0, 0.1) is 5.92 Å². The molecule has 9 heteroatoms. The molecule has 0 saturated heterocycles. The van der Waals surface area contributed by atoms with Gasteiger partial charge in [-0.05, 0) is 31.0 Å². The number of esters is 1. The Kier molecular flexibility index (Phi) is 7.53. The lowest BCUT2D eigenvalue weighted by Crippen LogP contribution is -2.38. The molecule has 140 valence electrons. The Balaban J connectivity index is 2.78. The summed E-state index contributed by atoms with van der Waals surface area (Å²) in [6.07, 6.45) is 0. The van der Waals surface area contributed by atoms with Crippen molar-refractivity contribution in [3.05, 3.63) is 29.8 Å².